The Morgan fingerprint density at radius 2 is 1.93 bits per heavy atom. The molecule has 0 fully saturated rings. The van der Waals surface area contributed by atoms with Gasteiger partial charge in [0.05, 0.1) is 0 Å². The molecule has 0 aliphatic rings. The van der Waals surface area contributed by atoms with E-state index in [9.17, 15) is 22.8 Å². The van der Waals surface area contributed by atoms with Crippen molar-refractivity contribution in [3.05, 3.63) is 12.2 Å². The lowest BCUT2D eigenvalue weighted by molar-refractivity contribution is -0.185. The first-order valence-electron chi connectivity index (χ1n) is 3.88. The summed E-state index contributed by atoms with van der Waals surface area (Å²) >= 11 is 0. The molecule has 86 valence electrons. The van der Waals surface area contributed by atoms with Gasteiger partial charge in [0, 0.05) is 5.57 Å². The van der Waals surface area contributed by atoms with Crippen molar-refractivity contribution in [2.45, 2.75) is 13.1 Å². The first kappa shape index (κ1) is 13.5. The van der Waals surface area contributed by atoms with Gasteiger partial charge < -0.3 is 10.1 Å². The topological polar surface area (TPSA) is 55.4 Å². The third-order valence-electron chi connectivity index (χ3n) is 1.18. The third kappa shape index (κ3) is 7.53. The van der Waals surface area contributed by atoms with Crippen LogP contribution in [0.3, 0.4) is 0 Å². The molecule has 0 saturated heterocycles. The fraction of sp³-hybridized carbons (Fsp3) is 0.500. The number of carbonyl (C=O) groups excluding carboxylic acids is 2. The fourth-order valence-corrected chi connectivity index (χ4v) is 0.517. The summed E-state index contributed by atoms with van der Waals surface area (Å²) in [5.41, 5.74) is 0.152. The quantitative estimate of drug-likeness (QED) is 0.568. The van der Waals surface area contributed by atoms with Crippen LogP contribution < -0.4 is 5.32 Å². The number of halogens is 3. The van der Waals surface area contributed by atoms with Crippen LogP contribution in [0.25, 0.3) is 0 Å². The van der Waals surface area contributed by atoms with E-state index >= 15 is 0 Å². The molecule has 0 aromatic heterocycles. The maximum absolute atomic E-state index is 11.6. The van der Waals surface area contributed by atoms with Crippen molar-refractivity contribution >= 4 is 11.9 Å². The number of hydrogen-bond acceptors (Lipinski definition) is 3. The van der Waals surface area contributed by atoms with Gasteiger partial charge in [-0.3, -0.25) is 9.59 Å². The van der Waals surface area contributed by atoms with E-state index in [0.717, 1.165) is 0 Å². The van der Waals surface area contributed by atoms with Crippen LogP contribution in [0.1, 0.15) is 6.92 Å². The van der Waals surface area contributed by atoms with Crippen LogP contribution in [0.2, 0.25) is 0 Å². The zero-order valence-electron chi connectivity index (χ0n) is 7.98. The summed E-state index contributed by atoms with van der Waals surface area (Å²) in [6, 6.07) is 0. The molecule has 1 N–H and O–H groups in total. The number of carbonyl (C=O) groups is 2. The molecule has 0 aliphatic carbocycles. The Kier molecular flexibility index (Phi) is 4.83. The minimum Gasteiger partial charge on any atom is -0.455 e. The molecule has 0 heterocycles. The van der Waals surface area contributed by atoms with Crippen LogP contribution in [-0.4, -0.2) is 31.2 Å². The van der Waals surface area contributed by atoms with Crippen molar-refractivity contribution in [3.63, 3.8) is 0 Å². The first-order valence-corrected chi connectivity index (χ1v) is 3.88. The van der Waals surface area contributed by atoms with Crippen LogP contribution in [-0.2, 0) is 14.3 Å². The molecule has 0 saturated carbocycles. The van der Waals surface area contributed by atoms with Crippen molar-refractivity contribution in [3.8, 4) is 0 Å². The van der Waals surface area contributed by atoms with Crippen molar-refractivity contribution in [2.75, 3.05) is 13.2 Å². The highest BCUT2D eigenvalue weighted by atomic mass is 19.4. The van der Waals surface area contributed by atoms with Crippen LogP contribution in [0, 0.1) is 0 Å². The van der Waals surface area contributed by atoms with Gasteiger partial charge in [0.15, 0.2) is 6.61 Å². The Balaban J connectivity index is 3.77. The molecule has 0 aromatic rings. The highest BCUT2D eigenvalue weighted by molar-refractivity contribution is 5.94. The molecule has 0 radical (unpaired) electrons. The molecule has 0 unspecified atom stereocenters. The molecule has 0 spiro atoms. The van der Waals surface area contributed by atoms with Crippen molar-refractivity contribution < 1.29 is 27.5 Å². The second kappa shape index (κ2) is 5.38. The van der Waals surface area contributed by atoms with Gasteiger partial charge in [-0.15, -0.1) is 0 Å². The number of nitrogens with one attached hydrogen (secondary N) is 1. The third-order valence-corrected chi connectivity index (χ3v) is 1.18. The maximum atomic E-state index is 11.6. The molecule has 0 bridgehead atoms. The highest BCUT2D eigenvalue weighted by Crippen LogP contribution is 2.14. The number of esters is 1. The summed E-state index contributed by atoms with van der Waals surface area (Å²) in [6.07, 6.45) is -4.56. The molecule has 0 aliphatic heterocycles. The molecule has 0 aromatic carbocycles. The second-order valence-electron chi connectivity index (χ2n) is 2.74. The zero-order chi connectivity index (χ0) is 12.1. The summed E-state index contributed by atoms with van der Waals surface area (Å²) in [6.45, 7) is 2.41. The monoisotopic (exact) mass is 225 g/mol. The van der Waals surface area contributed by atoms with Gasteiger partial charge in [0.25, 0.3) is 0 Å². The molecule has 0 atom stereocenters. The average molecular weight is 225 g/mol. The van der Waals surface area contributed by atoms with E-state index in [2.05, 4.69) is 11.3 Å². The van der Waals surface area contributed by atoms with Crippen LogP contribution in [0.15, 0.2) is 12.2 Å². The molecular formula is C8H10F3NO3. The van der Waals surface area contributed by atoms with E-state index in [4.69, 9.17) is 0 Å². The lowest BCUT2D eigenvalue weighted by Gasteiger charge is -2.08. The normalized spacial score (nSPS) is 10.7. The number of ether oxygens (including phenoxy) is 1. The van der Waals surface area contributed by atoms with E-state index in [0.29, 0.717) is 0 Å². The van der Waals surface area contributed by atoms with E-state index in [1.54, 1.807) is 0 Å². The van der Waals surface area contributed by atoms with E-state index < -0.39 is 31.2 Å². The Bertz CT molecular complexity index is 273. The Morgan fingerprint density at radius 3 is 2.33 bits per heavy atom. The largest absolute Gasteiger partial charge is 0.455 e. The van der Waals surface area contributed by atoms with Crippen LogP contribution in [0.5, 0.6) is 0 Å². The Labute approximate surface area is 84.1 Å². The summed E-state index contributed by atoms with van der Waals surface area (Å²) in [4.78, 5) is 21.5. The van der Waals surface area contributed by atoms with E-state index in [1.807, 2.05) is 5.32 Å². The number of amides is 1. The first-order chi connectivity index (χ1) is 6.72. The van der Waals surface area contributed by atoms with Gasteiger partial charge in [-0.25, -0.2) is 0 Å². The fourth-order valence-electron chi connectivity index (χ4n) is 0.517. The summed E-state index contributed by atoms with van der Waals surface area (Å²) in [7, 11) is 0. The summed E-state index contributed by atoms with van der Waals surface area (Å²) in [5.74, 6) is -1.76. The van der Waals surface area contributed by atoms with Crippen molar-refractivity contribution in [1.29, 1.82) is 0 Å². The minimum atomic E-state index is -4.56. The van der Waals surface area contributed by atoms with Gasteiger partial charge in [0.1, 0.15) is 6.54 Å². The standard InChI is InChI=1S/C8H10F3NO3/c1-5(2)7(14)12-3-6(13)15-4-8(9,10)11/h1,3-4H2,2H3,(H,12,14). The smallest absolute Gasteiger partial charge is 0.422 e. The van der Waals surface area contributed by atoms with Crippen molar-refractivity contribution in [2.24, 2.45) is 0 Å². The van der Waals surface area contributed by atoms with E-state index in [1.165, 1.54) is 6.92 Å². The maximum Gasteiger partial charge on any atom is 0.422 e. The molecule has 1 amide bonds. The van der Waals surface area contributed by atoms with Gasteiger partial charge >= 0.3 is 12.1 Å². The molecule has 4 nitrogen and oxygen atoms in total. The number of rotatable bonds is 4. The molecule has 0 rings (SSSR count). The highest BCUT2D eigenvalue weighted by Gasteiger charge is 2.29. The SMILES string of the molecule is C=C(C)C(=O)NCC(=O)OCC(F)(F)F. The van der Waals surface area contributed by atoms with Crippen LogP contribution in [0.4, 0.5) is 13.2 Å². The zero-order valence-corrected chi connectivity index (χ0v) is 7.98. The summed E-state index contributed by atoms with van der Waals surface area (Å²) < 4.78 is 38.5. The Hall–Kier alpha value is -1.53. The lowest BCUT2D eigenvalue weighted by Crippen LogP contribution is -2.32. The van der Waals surface area contributed by atoms with Crippen LogP contribution >= 0.6 is 0 Å². The van der Waals surface area contributed by atoms with Gasteiger partial charge in [-0.2, -0.15) is 13.2 Å². The number of hydrogen-bond donors (Lipinski definition) is 1. The molecular weight excluding hydrogens is 215 g/mol. The van der Waals surface area contributed by atoms with Gasteiger partial charge in [-0.1, -0.05) is 6.58 Å². The van der Waals surface area contributed by atoms with Gasteiger partial charge in [-0.05, 0) is 6.92 Å². The van der Waals surface area contributed by atoms with E-state index in [-0.39, 0.29) is 5.57 Å². The average Bonchev–Trinajstić information content (AvgIpc) is 2.09. The minimum absolute atomic E-state index is 0.152. The van der Waals surface area contributed by atoms with Gasteiger partial charge in [0.2, 0.25) is 5.91 Å². The predicted octanol–water partition coefficient (Wildman–Crippen LogP) is 0.784. The summed E-state index contributed by atoms with van der Waals surface area (Å²) in [5, 5.41) is 2.04. The number of alkyl halides is 3. The Morgan fingerprint density at radius 1 is 1.40 bits per heavy atom. The predicted molar refractivity (Wildman–Crippen MR) is 44.8 cm³/mol. The molecule has 7 heteroatoms. The van der Waals surface area contributed by atoms with Crippen molar-refractivity contribution in [1.82, 2.24) is 5.32 Å². The lowest BCUT2D eigenvalue weighted by atomic mass is 10.3. The second-order valence-corrected chi connectivity index (χ2v) is 2.74. The molecule has 15 heavy (non-hydrogen) atoms.